The Bertz CT molecular complexity index is 80.5. The van der Waals surface area contributed by atoms with Gasteiger partial charge in [0.25, 0.3) is 5.91 Å². The molecule has 0 saturated carbocycles. The first kappa shape index (κ1) is 7.43. The van der Waals surface area contributed by atoms with Crippen molar-refractivity contribution < 1.29 is 10.5 Å². The predicted molar refractivity (Wildman–Crippen MR) is 31.0 cm³/mol. The molecule has 1 amide bonds. The third kappa shape index (κ3) is 2.58. The molecule has 1 atom stereocenters. The van der Waals surface area contributed by atoms with Crippen LogP contribution in [-0.2, 0) is 4.79 Å². The van der Waals surface area contributed by atoms with Gasteiger partial charge in [-0.15, -0.1) is 0 Å². The van der Waals surface area contributed by atoms with Crippen LogP contribution in [0.3, 0.4) is 0 Å². The Balaban J connectivity index is 3.33. The first-order valence-corrected chi connectivity index (χ1v) is 2.79. The second-order valence-corrected chi connectivity index (χ2v) is 1.80. The van der Waals surface area contributed by atoms with Crippen LogP contribution >= 0.6 is 0 Å². The predicted octanol–water partition coefficient (Wildman–Crippen LogP) is -1.25. The van der Waals surface area contributed by atoms with Gasteiger partial charge in [0.05, 0.1) is 0 Å². The van der Waals surface area contributed by atoms with E-state index in [-0.39, 0.29) is 11.9 Å². The summed E-state index contributed by atoms with van der Waals surface area (Å²) in [5.74, 6) is 0.0208. The van der Waals surface area contributed by atoms with Crippen LogP contribution in [0.1, 0.15) is 13.8 Å². The monoisotopic (exact) mass is 117 g/mol. The third-order valence-corrected chi connectivity index (χ3v) is 0.799. The summed E-state index contributed by atoms with van der Waals surface area (Å²) in [6.07, 6.45) is 0. The van der Waals surface area contributed by atoms with E-state index in [0.717, 1.165) is 0 Å². The van der Waals surface area contributed by atoms with E-state index in [1.54, 1.807) is 6.92 Å². The van der Waals surface area contributed by atoms with E-state index in [1.165, 1.54) is 0 Å². The number of quaternary nitrogens is 1. The molecule has 0 aliphatic heterocycles. The molecule has 0 heterocycles. The summed E-state index contributed by atoms with van der Waals surface area (Å²) in [5.41, 5.74) is 3.54. The Kier molecular flexibility index (Phi) is 3.19. The second kappa shape index (κ2) is 3.43. The summed E-state index contributed by atoms with van der Waals surface area (Å²) in [6.45, 7) is 4.35. The number of amides is 1. The zero-order valence-electron chi connectivity index (χ0n) is 5.40. The van der Waals surface area contributed by atoms with Gasteiger partial charge in [0.1, 0.15) is 0 Å². The Hall–Kier alpha value is -0.570. The standard InChI is InChI=1S/C5H12N2O/c1-3-7-5(8)4(2)6/h4H,3,6H2,1-2H3,(H,7,8)/p+1/t4-/m1/s1. The SMILES string of the molecule is CCNC(=O)[C@@H](C)[NH3+]. The number of rotatable bonds is 2. The highest BCUT2D eigenvalue weighted by molar-refractivity contribution is 5.79. The minimum atomic E-state index is -0.130. The largest absolute Gasteiger partial charge is 0.351 e. The first-order chi connectivity index (χ1) is 3.68. The smallest absolute Gasteiger partial charge is 0.277 e. The fourth-order valence-corrected chi connectivity index (χ4v) is 0.348. The van der Waals surface area contributed by atoms with E-state index >= 15 is 0 Å². The van der Waals surface area contributed by atoms with E-state index in [0.29, 0.717) is 6.54 Å². The highest BCUT2D eigenvalue weighted by Crippen LogP contribution is 1.68. The molecule has 0 aromatic rings. The average Bonchev–Trinajstić information content (AvgIpc) is 1.67. The lowest BCUT2D eigenvalue weighted by Gasteiger charge is -1.99. The fourth-order valence-electron chi connectivity index (χ4n) is 0.348. The van der Waals surface area contributed by atoms with Gasteiger partial charge >= 0.3 is 0 Å². The van der Waals surface area contributed by atoms with E-state index in [4.69, 9.17) is 0 Å². The van der Waals surface area contributed by atoms with Gasteiger partial charge in [0, 0.05) is 6.54 Å². The van der Waals surface area contributed by atoms with Crippen LogP contribution in [0, 0.1) is 0 Å². The van der Waals surface area contributed by atoms with E-state index in [1.807, 2.05) is 6.92 Å². The van der Waals surface area contributed by atoms with Gasteiger partial charge in [0.2, 0.25) is 0 Å². The highest BCUT2D eigenvalue weighted by Gasteiger charge is 2.06. The molecule has 3 nitrogen and oxygen atoms in total. The van der Waals surface area contributed by atoms with Gasteiger partial charge in [0.15, 0.2) is 6.04 Å². The molecular formula is C5H13N2O+. The quantitative estimate of drug-likeness (QED) is 0.466. The van der Waals surface area contributed by atoms with E-state index < -0.39 is 0 Å². The lowest BCUT2D eigenvalue weighted by molar-refractivity contribution is -0.398. The van der Waals surface area contributed by atoms with Gasteiger partial charge in [-0.2, -0.15) is 0 Å². The van der Waals surface area contributed by atoms with Gasteiger partial charge in [-0.1, -0.05) is 0 Å². The van der Waals surface area contributed by atoms with E-state index in [9.17, 15) is 4.79 Å². The maximum absolute atomic E-state index is 10.6. The molecule has 0 aliphatic carbocycles. The molecule has 0 aliphatic rings. The van der Waals surface area contributed by atoms with Crippen LogP contribution in [0.5, 0.6) is 0 Å². The van der Waals surface area contributed by atoms with Crippen LogP contribution in [0.2, 0.25) is 0 Å². The Morgan fingerprint density at radius 3 is 2.50 bits per heavy atom. The molecule has 0 aromatic carbocycles. The number of hydrogen-bond acceptors (Lipinski definition) is 1. The molecule has 8 heavy (non-hydrogen) atoms. The zero-order chi connectivity index (χ0) is 6.57. The van der Waals surface area contributed by atoms with Crippen molar-refractivity contribution in [3.8, 4) is 0 Å². The first-order valence-electron chi connectivity index (χ1n) is 2.79. The van der Waals surface area contributed by atoms with Crippen LogP contribution < -0.4 is 11.1 Å². The van der Waals surface area contributed by atoms with Crippen LogP contribution in [-0.4, -0.2) is 18.5 Å². The average molecular weight is 117 g/mol. The van der Waals surface area contributed by atoms with Crippen molar-refractivity contribution in [2.45, 2.75) is 19.9 Å². The lowest BCUT2D eigenvalue weighted by atomic mass is 10.3. The van der Waals surface area contributed by atoms with Crippen LogP contribution in [0.4, 0.5) is 0 Å². The summed E-state index contributed by atoms with van der Waals surface area (Å²) < 4.78 is 0. The molecule has 0 saturated heterocycles. The summed E-state index contributed by atoms with van der Waals surface area (Å²) >= 11 is 0. The molecule has 0 radical (unpaired) electrons. The Morgan fingerprint density at radius 1 is 1.88 bits per heavy atom. The molecular weight excluding hydrogens is 104 g/mol. The second-order valence-electron chi connectivity index (χ2n) is 1.80. The molecule has 0 bridgehead atoms. The minimum Gasteiger partial charge on any atom is -0.351 e. The summed E-state index contributed by atoms with van der Waals surface area (Å²) in [6, 6.07) is -0.130. The molecule has 3 heteroatoms. The van der Waals surface area contributed by atoms with Crippen LogP contribution in [0.15, 0.2) is 0 Å². The van der Waals surface area contributed by atoms with Crippen molar-refractivity contribution in [1.82, 2.24) is 5.32 Å². The van der Waals surface area contributed by atoms with E-state index in [2.05, 4.69) is 11.1 Å². The normalized spacial score (nSPS) is 12.9. The Morgan fingerprint density at radius 2 is 2.38 bits per heavy atom. The minimum absolute atomic E-state index is 0.0208. The van der Waals surface area contributed by atoms with Crippen molar-refractivity contribution in [3.63, 3.8) is 0 Å². The molecule has 0 spiro atoms. The maximum Gasteiger partial charge on any atom is 0.277 e. The summed E-state index contributed by atoms with van der Waals surface area (Å²) in [4.78, 5) is 10.6. The fraction of sp³-hybridized carbons (Fsp3) is 0.800. The third-order valence-electron chi connectivity index (χ3n) is 0.799. The lowest BCUT2D eigenvalue weighted by Crippen LogP contribution is -2.65. The van der Waals surface area contributed by atoms with Gasteiger partial charge in [-0.3, -0.25) is 4.79 Å². The topological polar surface area (TPSA) is 56.7 Å². The number of hydrogen-bond donors (Lipinski definition) is 2. The molecule has 48 valence electrons. The number of carbonyl (C=O) groups excluding carboxylic acids is 1. The highest BCUT2D eigenvalue weighted by atomic mass is 16.2. The van der Waals surface area contributed by atoms with Crippen molar-refractivity contribution >= 4 is 5.91 Å². The molecule has 0 aromatic heterocycles. The van der Waals surface area contributed by atoms with Crippen LogP contribution in [0.25, 0.3) is 0 Å². The van der Waals surface area contributed by atoms with Gasteiger partial charge in [-0.25, -0.2) is 0 Å². The summed E-state index contributed by atoms with van der Waals surface area (Å²) in [5, 5.41) is 2.64. The van der Waals surface area contributed by atoms with Crippen molar-refractivity contribution in [3.05, 3.63) is 0 Å². The number of nitrogens with one attached hydrogen (secondary N) is 1. The van der Waals surface area contributed by atoms with Gasteiger partial charge < -0.3 is 11.1 Å². The Labute approximate surface area is 49.3 Å². The number of likely N-dealkylation sites (N-methyl/N-ethyl adjacent to an activating group) is 1. The van der Waals surface area contributed by atoms with Crippen molar-refractivity contribution in [2.75, 3.05) is 6.54 Å². The molecule has 0 fully saturated rings. The number of carbonyl (C=O) groups is 1. The molecule has 0 rings (SSSR count). The molecule has 0 unspecified atom stereocenters. The zero-order valence-corrected chi connectivity index (χ0v) is 5.40. The molecule has 4 N–H and O–H groups in total. The summed E-state index contributed by atoms with van der Waals surface area (Å²) in [7, 11) is 0. The van der Waals surface area contributed by atoms with Gasteiger partial charge in [-0.05, 0) is 13.8 Å². The van der Waals surface area contributed by atoms with Crippen molar-refractivity contribution in [1.29, 1.82) is 0 Å². The van der Waals surface area contributed by atoms with Crippen molar-refractivity contribution in [2.24, 2.45) is 0 Å². The maximum atomic E-state index is 10.6.